The van der Waals surface area contributed by atoms with Crippen LogP contribution in [0.1, 0.15) is 35.6 Å². The van der Waals surface area contributed by atoms with Crippen LogP contribution < -0.4 is 9.04 Å². The fourth-order valence-electron chi connectivity index (χ4n) is 5.69. The third-order valence-electron chi connectivity index (χ3n) is 7.51. The van der Waals surface area contributed by atoms with Gasteiger partial charge in [0.2, 0.25) is 0 Å². The van der Waals surface area contributed by atoms with E-state index in [1.165, 1.54) is 35.7 Å². The summed E-state index contributed by atoms with van der Waals surface area (Å²) in [4.78, 5) is 10.9. The maximum atomic E-state index is 14.6. The van der Waals surface area contributed by atoms with Gasteiger partial charge in [-0.15, -0.1) is 0 Å². The molecule has 0 saturated carbocycles. The van der Waals surface area contributed by atoms with E-state index in [1.54, 1.807) is 65.3 Å². The molecule has 0 fully saturated rings. The molecule has 0 N–H and O–H groups in total. The Balaban J connectivity index is 1.61. The normalized spacial score (nSPS) is 14.7. The Morgan fingerprint density at radius 2 is 1.95 bits per heavy atom. The van der Waals surface area contributed by atoms with Crippen molar-refractivity contribution in [3.63, 3.8) is 0 Å². The zero-order valence-electron chi connectivity index (χ0n) is 22.7. The van der Waals surface area contributed by atoms with Crippen LogP contribution in [-0.2, 0) is 23.5 Å². The van der Waals surface area contributed by atoms with Gasteiger partial charge in [-0.05, 0) is 55.2 Å². The summed E-state index contributed by atoms with van der Waals surface area (Å²) in [6, 6.07) is 15.3. The number of anilines is 1. The highest BCUT2D eigenvalue weighted by molar-refractivity contribution is 7.93. The quantitative estimate of drug-likeness (QED) is 0.196. The summed E-state index contributed by atoms with van der Waals surface area (Å²) < 4.78 is 39.3. The van der Waals surface area contributed by atoms with Gasteiger partial charge in [0.15, 0.2) is 4.90 Å². The second-order valence-corrected chi connectivity index (χ2v) is 11.7. The summed E-state index contributed by atoms with van der Waals surface area (Å²) in [5.74, 6) is 0.410. The highest BCUT2D eigenvalue weighted by atomic mass is 32.2. The van der Waals surface area contributed by atoms with E-state index in [0.717, 1.165) is 10.9 Å². The highest BCUT2D eigenvalue weighted by Gasteiger charge is 2.39. The monoisotopic (exact) mass is 583 g/mol. The molecule has 1 atom stereocenters. The van der Waals surface area contributed by atoms with E-state index in [0.29, 0.717) is 53.0 Å². The summed E-state index contributed by atoms with van der Waals surface area (Å²) in [7, 11) is -1.23. The molecule has 2 heterocycles. The lowest BCUT2D eigenvalue weighted by molar-refractivity contribution is -0.387. The minimum absolute atomic E-state index is 0.312. The molecular formula is C29H25N7O5S. The summed E-state index contributed by atoms with van der Waals surface area (Å²) >= 11 is 0. The van der Waals surface area contributed by atoms with Crippen LogP contribution in [0.2, 0.25) is 0 Å². The van der Waals surface area contributed by atoms with E-state index in [2.05, 4.69) is 16.3 Å². The summed E-state index contributed by atoms with van der Waals surface area (Å²) in [5, 5.41) is 31.1. The molecule has 1 aliphatic rings. The van der Waals surface area contributed by atoms with Crippen molar-refractivity contribution in [1.82, 2.24) is 19.6 Å². The van der Waals surface area contributed by atoms with Gasteiger partial charge >= 0.3 is 0 Å². The second kappa shape index (κ2) is 10.3. The molecule has 42 heavy (non-hydrogen) atoms. The third kappa shape index (κ3) is 4.33. The van der Waals surface area contributed by atoms with E-state index < -0.39 is 31.6 Å². The maximum Gasteiger partial charge on any atom is 0.289 e. The van der Waals surface area contributed by atoms with Crippen LogP contribution in [0, 0.1) is 21.4 Å². The van der Waals surface area contributed by atoms with Crippen molar-refractivity contribution >= 4 is 32.3 Å². The fraction of sp³-hybridized carbons (Fsp3) is 0.207. The molecule has 0 amide bonds. The molecule has 6 rings (SSSR count). The number of sulfonamides is 1. The minimum atomic E-state index is -4.49. The lowest BCUT2D eigenvalue weighted by Crippen LogP contribution is -2.37. The zero-order valence-corrected chi connectivity index (χ0v) is 23.5. The third-order valence-corrected chi connectivity index (χ3v) is 9.40. The number of nitrogens with zero attached hydrogens (tertiary/aromatic N) is 7. The van der Waals surface area contributed by atoms with Crippen molar-refractivity contribution in [2.75, 3.05) is 11.4 Å². The second-order valence-electron chi connectivity index (χ2n) is 9.93. The molecular weight excluding hydrogens is 558 g/mol. The van der Waals surface area contributed by atoms with E-state index in [-0.39, 0.29) is 0 Å². The number of benzene rings is 3. The predicted molar refractivity (Wildman–Crippen MR) is 154 cm³/mol. The van der Waals surface area contributed by atoms with Gasteiger partial charge in [-0.1, -0.05) is 18.2 Å². The number of methoxy groups -OCH3 is 1. The summed E-state index contributed by atoms with van der Waals surface area (Å²) in [5.41, 5.74) is 2.90. The van der Waals surface area contributed by atoms with E-state index in [1.807, 2.05) is 0 Å². The largest absolute Gasteiger partial charge is 0.495 e. The zero-order chi connectivity index (χ0) is 29.6. The number of nitro benzene ring substituents is 1. The van der Waals surface area contributed by atoms with Gasteiger partial charge in [0.05, 0.1) is 53.4 Å². The summed E-state index contributed by atoms with van der Waals surface area (Å²) in [6.07, 6.45) is 6.77. The first-order valence-corrected chi connectivity index (χ1v) is 14.5. The average Bonchev–Trinajstić information content (AvgIpc) is 3.62. The van der Waals surface area contributed by atoms with Crippen molar-refractivity contribution in [3.05, 3.63) is 100.0 Å². The number of rotatable bonds is 7. The number of hydrogen-bond donors (Lipinski definition) is 0. The highest BCUT2D eigenvalue weighted by Crippen LogP contribution is 2.45. The molecule has 0 radical (unpaired) electrons. The molecule has 0 spiro atoms. The number of aromatic nitrogens is 4. The van der Waals surface area contributed by atoms with Crippen molar-refractivity contribution in [3.8, 4) is 17.5 Å². The van der Waals surface area contributed by atoms with Crippen LogP contribution in [0.15, 0.2) is 78.1 Å². The van der Waals surface area contributed by atoms with Crippen molar-refractivity contribution in [2.24, 2.45) is 7.05 Å². The van der Waals surface area contributed by atoms with Crippen LogP contribution in [0.5, 0.6) is 5.75 Å². The van der Waals surface area contributed by atoms with Crippen molar-refractivity contribution < 1.29 is 18.1 Å². The SMILES string of the molecule is COc1c(C#N)ccc2c1CCCC2N(c1ccc2cnn(-c3cnn(C)c3)c2c1)S(=O)(=O)c1ccccc1[N+](=O)[O-]. The van der Waals surface area contributed by atoms with Crippen LogP contribution in [0.3, 0.4) is 0 Å². The number of nitriles is 1. The van der Waals surface area contributed by atoms with Gasteiger partial charge in [0, 0.05) is 24.1 Å². The van der Waals surface area contributed by atoms with Crippen molar-refractivity contribution in [1.29, 1.82) is 5.26 Å². The molecule has 1 unspecified atom stereocenters. The number of aryl methyl sites for hydroxylation is 1. The average molecular weight is 584 g/mol. The first kappa shape index (κ1) is 27.0. The number of hydrogen-bond acceptors (Lipinski definition) is 8. The van der Waals surface area contributed by atoms with Gasteiger partial charge in [-0.25, -0.2) is 13.1 Å². The Morgan fingerprint density at radius 3 is 2.67 bits per heavy atom. The van der Waals surface area contributed by atoms with E-state index in [9.17, 15) is 23.8 Å². The first-order chi connectivity index (χ1) is 20.2. The van der Waals surface area contributed by atoms with E-state index in [4.69, 9.17) is 4.74 Å². The maximum absolute atomic E-state index is 14.6. The Morgan fingerprint density at radius 1 is 1.14 bits per heavy atom. The molecule has 5 aromatic rings. The van der Waals surface area contributed by atoms with Gasteiger partial charge in [0.1, 0.15) is 17.5 Å². The van der Waals surface area contributed by atoms with Gasteiger partial charge in [-0.2, -0.15) is 15.5 Å². The van der Waals surface area contributed by atoms with Crippen LogP contribution >= 0.6 is 0 Å². The van der Waals surface area contributed by atoms with Gasteiger partial charge < -0.3 is 4.74 Å². The van der Waals surface area contributed by atoms with Gasteiger partial charge in [-0.3, -0.25) is 19.1 Å². The topological polar surface area (TPSA) is 149 Å². The molecule has 0 aliphatic heterocycles. The molecule has 3 aromatic carbocycles. The first-order valence-electron chi connectivity index (χ1n) is 13.1. The Labute approximate surface area is 241 Å². The number of ether oxygens (including phenoxy) is 1. The summed E-state index contributed by atoms with van der Waals surface area (Å²) in [6.45, 7) is 0. The van der Waals surface area contributed by atoms with Crippen LogP contribution in [0.4, 0.5) is 11.4 Å². The smallest absolute Gasteiger partial charge is 0.289 e. The predicted octanol–water partition coefficient (Wildman–Crippen LogP) is 4.82. The molecule has 12 nitrogen and oxygen atoms in total. The molecule has 0 bridgehead atoms. The van der Waals surface area contributed by atoms with Crippen LogP contribution in [-0.4, -0.2) is 40.0 Å². The van der Waals surface area contributed by atoms with E-state index >= 15 is 0 Å². The minimum Gasteiger partial charge on any atom is -0.495 e. The Hall–Kier alpha value is -5.22. The van der Waals surface area contributed by atoms with Gasteiger partial charge in [0.25, 0.3) is 15.7 Å². The van der Waals surface area contributed by atoms with Crippen molar-refractivity contribution in [2.45, 2.75) is 30.2 Å². The molecule has 13 heteroatoms. The number of nitro groups is 1. The molecule has 1 aliphatic carbocycles. The molecule has 2 aromatic heterocycles. The standard InChI is InChI=1S/C29H25N7O5S/c1-33-18-22(17-31-33)34-27-14-21(12-10-20(27)16-32-34)35(42(39,40)28-9-4-3-7-26(28)36(37)38)25-8-5-6-24-23(25)13-11-19(15-30)29(24)41-2/h3-4,7,9-14,16-18,25H,5-6,8H2,1-2H3. The Kier molecular flexibility index (Phi) is 6.62. The lowest BCUT2D eigenvalue weighted by Gasteiger charge is -2.37. The fourth-order valence-corrected chi connectivity index (χ4v) is 7.51. The molecule has 0 saturated heterocycles. The number of fused-ring (bicyclic) bond motifs is 2. The Bertz CT molecular complexity index is 2010. The number of para-hydroxylation sites is 1. The van der Waals surface area contributed by atoms with Crippen LogP contribution in [0.25, 0.3) is 16.6 Å². The molecule has 212 valence electrons. The lowest BCUT2D eigenvalue weighted by atomic mass is 9.85.